The molecule has 0 bridgehead atoms. The van der Waals surface area contributed by atoms with Crippen LogP contribution in [0.2, 0.25) is 0 Å². The van der Waals surface area contributed by atoms with Crippen molar-refractivity contribution < 1.29 is 18.0 Å². The lowest BCUT2D eigenvalue weighted by Gasteiger charge is -2.30. The van der Waals surface area contributed by atoms with Crippen molar-refractivity contribution in [3.8, 4) is 0 Å². The van der Waals surface area contributed by atoms with Crippen molar-refractivity contribution in [2.75, 3.05) is 12.3 Å². The van der Waals surface area contributed by atoms with Gasteiger partial charge in [-0.25, -0.2) is 4.98 Å². The van der Waals surface area contributed by atoms with Gasteiger partial charge in [-0.3, -0.25) is 4.79 Å². The second-order valence-electron chi connectivity index (χ2n) is 5.10. The van der Waals surface area contributed by atoms with E-state index in [-0.39, 0.29) is 11.6 Å². The molecule has 0 spiro atoms. The molecule has 2 N–H and O–H groups in total. The normalized spacial score (nSPS) is 16.8. The Hall–Kier alpha value is -1.79. The van der Waals surface area contributed by atoms with Gasteiger partial charge in [0.2, 0.25) is 0 Å². The number of halogens is 3. The molecule has 1 aromatic rings. The third-order valence-electron chi connectivity index (χ3n) is 3.41. The summed E-state index contributed by atoms with van der Waals surface area (Å²) >= 11 is 0. The largest absolute Gasteiger partial charge is 0.406 e. The van der Waals surface area contributed by atoms with Crippen LogP contribution in [-0.4, -0.2) is 34.6 Å². The van der Waals surface area contributed by atoms with E-state index in [2.05, 4.69) is 4.98 Å². The molecule has 1 unspecified atom stereocenters. The molecule has 2 rings (SSSR count). The van der Waals surface area contributed by atoms with Crippen molar-refractivity contribution in [3.05, 3.63) is 24.0 Å². The number of anilines is 1. The summed E-state index contributed by atoms with van der Waals surface area (Å²) in [4.78, 5) is 16.9. The number of hydrogen-bond acceptors (Lipinski definition) is 3. The molecule has 110 valence electrons. The molecule has 7 heteroatoms. The lowest BCUT2D eigenvalue weighted by Crippen LogP contribution is -2.45. The van der Waals surface area contributed by atoms with Gasteiger partial charge in [-0.2, -0.15) is 13.2 Å². The molecule has 20 heavy (non-hydrogen) atoms. The Kier molecular flexibility index (Phi) is 3.87. The van der Waals surface area contributed by atoms with Crippen molar-refractivity contribution in [3.63, 3.8) is 0 Å². The Labute approximate surface area is 114 Å². The predicted molar refractivity (Wildman–Crippen MR) is 67.9 cm³/mol. The van der Waals surface area contributed by atoms with Crippen molar-refractivity contribution in [2.45, 2.75) is 32.0 Å². The third kappa shape index (κ3) is 3.61. The monoisotopic (exact) mass is 287 g/mol. The summed E-state index contributed by atoms with van der Waals surface area (Å²) in [5.74, 6) is -0.559. The Bertz CT molecular complexity index is 483. The van der Waals surface area contributed by atoms with E-state index in [1.54, 1.807) is 6.92 Å². The molecule has 0 aliphatic heterocycles. The summed E-state index contributed by atoms with van der Waals surface area (Å²) in [5, 5.41) is 0. The summed E-state index contributed by atoms with van der Waals surface area (Å²) in [6, 6.07) is 2.36. The molecule has 1 aliphatic carbocycles. The average Bonchev–Trinajstić information content (AvgIpc) is 3.18. The molecular formula is C13H16F3N3O. The van der Waals surface area contributed by atoms with Gasteiger partial charge in [0.05, 0.1) is 11.9 Å². The lowest BCUT2D eigenvalue weighted by molar-refractivity contribution is -0.144. The first kappa shape index (κ1) is 14.6. The topological polar surface area (TPSA) is 59.2 Å². The Morgan fingerprint density at radius 1 is 1.50 bits per heavy atom. The minimum absolute atomic E-state index is 0.0176. The number of pyridine rings is 1. The maximum Gasteiger partial charge on any atom is 0.406 e. The fourth-order valence-electron chi connectivity index (χ4n) is 2.11. The maximum atomic E-state index is 12.7. The highest BCUT2D eigenvalue weighted by molar-refractivity contribution is 5.92. The molecule has 4 nitrogen and oxygen atoms in total. The van der Waals surface area contributed by atoms with Gasteiger partial charge in [-0.1, -0.05) is 0 Å². The van der Waals surface area contributed by atoms with Gasteiger partial charge in [-0.05, 0) is 37.8 Å². The van der Waals surface area contributed by atoms with Crippen molar-refractivity contribution in [1.82, 2.24) is 9.88 Å². The molecule has 1 aromatic heterocycles. The van der Waals surface area contributed by atoms with Gasteiger partial charge in [0.1, 0.15) is 12.2 Å². The number of carbonyl (C=O) groups excluding carboxylic acids is 1. The number of rotatable bonds is 4. The smallest absolute Gasteiger partial charge is 0.397 e. The minimum atomic E-state index is -4.42. The van der Waals surface area contributed by atoms with E-state index < -0.39 is 24.7 Å². The first-order valence-electron chi connectivity index (χ1n) is 6.37. The van der Waals surface area contributed by atoms with E-state index >= 15 is 0 Å². The minimum Gasteiger partial charge on any atom is -0.397 e. The van der Waals surface area contributed by atoms with Crippen LogP contribution >= 0.6 is 0 Å². The number of nitrogens with zero attached hydrogens (tertiary/aromatic N) is 2. The third-order valence-corrected chi connectivity index (χ3v) is 3.41. The van der Waals surface area contributed by atoms with E-state index in [0.29, 0.717) is 5.69 Å². The molecule has 1 heterocycles. The van der Waals surface area contributed by atoms with Crippen LogP contribution in [0.5, 0.6) is 0 Å². The van der Waals surface area contributed by atoms with E-state index in [4.69, 9.17) is 5.73 Å². The van der Waals surface area contributed by atoms with Gasteiger partial charge >= 0.3 is 6.18 Å². The number of carbonyl (C=O) groups is 1. The van der Waals surface area contributed by atoms with Crippen LogP contribution in [0, 0.1) is 5.92 Å². The molecule has 0 aromatic carbocycles. The highest BCUT2D eigenvalue weighted by atomic mass is 19.4. The Morgan fingerprint density at radius 2 is 2.15 bits per heavy atom. The van der Waals surface area contributed by atoms with Crippen LogP contribution in [-0.2, 0) is 0 Å². The van der Waals surface area contributed by atoms with Crippen LogP contribution in [0.25, 0.3) is 0 Å². The highest BCUT2D eigenvalue weighted by Crippen LogP contribution is 2.36. The number of hydrogen-bond donors (Lipinski definition) is 1. The molecule has 0 saturated heterocycles. The molecule has 0 radical (unpaired) electrons. The van der Waals surface area contributed by atoms with Crippen LogP contribution < -0.4 is 5.73 Å². The van der Waals surface area contributed by atoms with Gasteiger partial charge in [0.25, 0.3) is 5.91 Å². The zero-order valence-electron chi connectivity index (χ0n) is 11.0. The zero-order valence-corrected chi connectivity index (χ0v) is 11.0. The second kappa shape index (κ2) is 5.30. The fraction of sp³-hybridized carbons (Fsp3) is 0.538. The number of amides is 1. The quantitative estimate of drug-likeness (QED) is 0.925. The Morgan fingerprint density at radius 3 is 2.60 bits per heavy atom. The summed E-state index contributed by atoms with van der Waals surface area (Å²) in [7, 11) is 0. The molecule has 1 saturated carbocycles. The first-order chi connectivity index (χ1) is 9.28. The summed E-state index contributed by atoms with van der Waals surface area (Å²) in [6.07, 6.45) is -1.44. The predicted octanol–water partition coefficient (Wildman–Crippen LogP) is 2.47. The number of nitrogens with two attached hydrogens (primary N) is 1. The van der Waals surface area contributed by atoms with E-state index in [1.165, 1.54) is 18.3 Å². The van der Waals surface area contributed by atoms with E-state index in [9.17, 15) is 18.0 Å². The van der Waals surface area contributed by atoms with Crippen LogP contribution in [0.3, 0.4) is 0 Å². The van der Waals surface area contributed by atoms with E-state index in [0.717, 1.165) is 17.7 Å². The van der Waals surface area contributed by atoms with Crippen LogP contribution in [0.15, 0.2) is 18.3 Å². The van der Waals surface area contributed by atoms with Crippen molar-refractivity contribution in [1.29, 1.82) is 0 Å². The highest BCUT2D eigenvalue weighted by Gasteiger charge is 2.40. The van der Waals surface area contributed by atoms with E-state index in [1.807, 2.05) is 0 Å². The number of nitrogen functional groups attached to an aromatic ring is 1. The zero-order chi connectivity index (χ0) is 14.9. The van der Waals surface area contributed by atoms with Gasteiger partial charge in [0, 0.05) is 6.04 Å². The van der Waals surface area contributed by atoms with Crippen LogP contribution in [0.4, 0.5) is 18.9 Å². The SMILES string of the molecule is CC(C1CC1)N(CC(F)(F)F)C(=O)c1ccc(N)cn1. The standard InChI is InChI=1S/C13H16F3N3O/c1-8(9-2-3-9)19(7-13(14,15)16)12(20)11-5-4-10(17)6-18-11/h4-6,8-9H,2-3,7,17H2,1H3. The van der Waals surface area contributed by atoms with Gasteiger partial charge < -0.3 is 10.6 Å². The maximum absolute atomic E-state index is 12.7. The van der Waals surface area contributed by atoms with Crippen LogP contribution in [0.1, 0.15) is 30.3 Å². The summed E-state index contributed by atoms with van der Waals surface area (Å²) < 4.78 is 38.0. The second-order valence-corrected chi connectivity index (χ2v) is 5.10. The molecule has 1 aliphatic rings. The van der Waals surface area contributed by atoms with Gasteiger partial charge in [0.15, 0.2) is 0 Å². The molecular weight excluding hydrogens is 271 g/mol. The number of aromatic nitrogens is 1. The molecule has 1 atom stereocenters. The van der Waals surface area contributed by atoms with Gasteiger partial charge in [-0.15, -0.1) is 0 Å². The summed E-state index contributed by atoms with van der Waals surface area (Å²) in [6.45, 7) is 0.397. The summed E-state index contributed by atoms with van der Waals surface area (Å²) in [5.41, 5.74) is 5.80. The van der Waals surface area contributed by atoms with Crippen molar-refractivity contribution >= 4 is 11.6 Å². The lowest BCUT2D eigenvalue weighted by atomic mass is 10.1. The first-order valence-corrected chi connectivity index (χ1v) is 6.37. The molecule has 1 fully saturated rings. The fourth-order valence-corrected chi connectivity index (χ4v) is 2.11. The number of alkyl halides is 3. The average molecular weight is 287 g/mol. The Balaban J connectivity index is 2.20. The van der Waals surface area contributed by atoms with Crippen molar-refractivity contribution in [2.24, 2.45) is 5.92 Å². The molecule has 1 amide bonds.